The van der Waals surface area contributed by atoms with E-state index in [2.05, 4.69) is 165 Å². The molecule has 0 amide bonds. The Hall–Kier alpha value is -10.1. The lowest BCUT2D eigenvalue weighted by Gasteiger charge is -2.09. The van der Waals surface area contributed by atoms with Gasteiger partial charge in [-0.2, -0.15) is 25.5 Å². The number of pyridine rings is 5. The van der Waals surface area contributed by atoms with Crippen LogP contribution in [0.5, 0.6) is 5.75 Å². The van der Waals surface area contributed by atoms with Crippen LogP contribution in [-0.4, -0.2) is 118 Å². The first-order valence-electron chi connectivity index (χ1n) is 38.5. The third-order valence-electron chi connectivity index (χ3n) is 20.5. The van der Waals surface area contributed by atoms with Gasteiger partial charge in [0.05, 0.1) is 113 Å². The Labute approximate surface area is 684 Å². The van der Waals surface area contributed by atoms with E-state index in [-0.39, 0.29) is 0 Å². The number of nitrogens with zero attached hydrogens (tertiary/aromatic N) is 16. The average molecular weight is 1640 g/mol. The van der Waals surface area contributed by atoms with Crippen molar-refractivity contribution in [3.63, 3.8) is 0 Å². The lowest BCUT2D eigenvalue weighted by molar-refractivity contribution is 0.120. The van der Waals surface area contributed by atoms with Crippen LogP contribution in [0, 0.1) is 83.1 Å². The molecular formula is C84H94N20O4S6. The van der Waals surface area contributed by atoms with Crippen molar-refractivity contribution in [2.75, 3.05) is 54.7 Å². The number of rotatable bonds is 17. The van der Waals surface area contributed by atoms with Crippen molar-refractivity contribution in [3.05, 3.63) is 162 Å². The van der Waals surface area contributed by atoms with Crippen LogP contribution in [0.1, 0.15) is 116 Å². The normalized spacial score (nSPS) is 13.4. The number of anilines is 4. The summed E-state index contributed by atoms with van der Waals surface area (Å²) in [6.07, 6.45) is 6.39. The molecule has 24 nitrogen and oxygen atoms in total. The number of nitrogens with one attached hydrogen (secondary N) is 4. The summed E-state index contributed by atoms with van der Waals surface area (Å²) in [4.78, 5) is 33.4. The molecule has 1 fully saturated rings. The summed E-state index contributed by atoms with van der Waals surface area (Å²) >= 11 is 10.3. The molecule has 0 radical (unpaired) electrons. The molecule has 0 spiro atoms. The van der Waals surface area contributed by atoms with Gasteiger partial charge in [0.25, 0.3) is 0 Å². The summed E-state index contributed by atoms with van der Waals surface area (Å²) in [6.45, 7) is 34.0. The van der Waals surface area contributed by atoms with Crippen LogP contribution in [-0.2, 0) is 69.8 Å². The minimum Gasteiger partial charge on any atom is -0.493 e. The lowest BCUT2D eigenvalue weighted by atomic mass is 10.1. The van der Waals surface area contributed by atoms with E-state index < -0.39 is 0 Å². The third-order valence-corrected chi connectivity index (χ3v) is 26.9. The maximum atomic E-state index is 5.81. The Balaban J connectivity index is 0.000000108. The molecule has 18 aromatic rings. The molecule has 17 aromatic heterocycles. The van der Waals surface area contributed by atoms with E-state index in [4.69, 9.17) is 43.8 Å². The Morgan fingerprint density at radius 2 is 0.956 bits per heavy atom. The third kappa shape index (κ3) is 15.4. The molecule has 1 unspecified atom stereocenters. The zero-order chi connectivity index (χ0) is 79.5. The molecule has 2 aliphatic rings. The molecule has 1 aromatic carbocycles. The van der Waals surface area contributed by atoms with Crippen LogP contribution in [0.2, 0.25) is 0 Å². The Morgan fingerprint density at radius 1 is 0.491 bits per heavy atom. The van der Waals surface area contributed by atoms with E-state index in [0.29, 0.717) is 38.9 Å². The standard InChI is InChI=1S/C20H20N4OS.C18H20N4O2S.C16H17N5S2.C16H20N4OS.C14H17N3S/c1-11-9-12(2)22-20-15(11)16-18(26-20)19(23-24(16)3)21-10-14-6-4-5-13-7-8-25-17(13)14;1-11-9-12(2)20-18-14(11)15-16(25-18)17(21-22(15)6-8-23-3)19-10-13-5-4-7-24-13;1-8-5-9(2)18-16-12(8)13-14(23-16)15(20-21(13)4)17-6-11-7-22-10(3)19-11;1-9-7-10(2)18-16-12(9)13-14(22-16)15(19-20(13)3)17-8-11-5-4-6-21-11;1-5-6-17-12-11-8(2)7-9(3)15-14(11)18-13(12)10(4)16-17/h4-6,9H,7-8,10H2,1-3H3,(H,21,23);4-5,7,9H,6,8,10H2,1-3H3,(H,19,21);5,7H,6H2,1-4H3,(H,17,20);7,11H,4-6,8H2,1-3H3,(H,17,19);7H,5-6H2,1-4H3. The quantitative estimate of drug-likeness (QED) is 0.0661. The first-order chi connectivity index (χ1) is 55.1. The molecule has 30 heteroatoms. The molecule has 19 heterocycles. The number of hydrogen-bond acceptors (Lipinski definition) is 25. The first kappa shape index (κ1) is 77.9. The van der Waals surface area contributed by atoms with Gasteiger partial charge in [0.15, 0.2) is 23.3 Å². The van der Waals surface area contributed by atoms with Gasteiger partial charge in [-0.25, -0.2) is 29.9 Å². The van der Waals surface area contributed by atoms with Crippen molar-refractivity contribution >= 4 is 193 Å². The number of fused-ring (bicyclic) bond motifs is 16. The van der Waals surface area contributed by atoms with Gasteiger partial charge in [-0.15, -0.1) is 68.0 Å². The molecule has 4 N–H and O–H groups in total. The Morgan fingerprint density at radius 3 is 1.43 bits per heavy atom. The highest BCUT2D eigenvalue weighted by molar-refractivity contribution is 7.27. The van der Waals surface area contributed by atoms with E-state index in [9.17, 15) is 0 Å². The van der Waals surface area contributed by atoms with Crippen molar-refractivity contribution < 1.29 is 18.6 Å². The number of benzene rings is 1. The molecule has 20 rings (SSSR count). The van der Waals surface area contributed by atoms with E-state index in [1.807, 2.05) is 86.6 Å². The summed E-state index contributed by atoms with van der Waals surface area (Å²) in [5.74, 6) is 5.56. The number of ether oxygens (including phenoxy) is 3. The van der Waals surface area contributed by atoms with Crippen molar-refractivity contribution in [2.24, 2.45) is 21.1 Å². The highest BCUT2D eigenvalue weighted by Gasteiger charge is 2.26. The van der Waals surface area contributed by atoms with Gasteiger partial charge < -0.3 is 39.9 Å². The number of aromatic nitrogens is 16. The molecule has 0 saturated carbocycles. The molecule has 1 saturated heterocycles. The lowest BCUT2D eigenvalue weighted by Crippen LogP contribution is -2.18. The van der Waals surface area contributed by atoms with Gasteiger partial charge >= 0.3 is 0 Å². The van der Waals surface area contributed by atoms with Crippen LogP contribution in [0.4, 0.5) is 23.3 Å². The Kier molecular flexibility index (Phi) is 22.3. The molecule has 0 aliphatic carbocycles. The number of thiazole rings is 1. The number of thiophene rings is 5. The number of aryl methyl sites for hydroxylation is 16. The predicted molar refractivity (Wildman–Crippen MR) is 472 cm³/mol. The minimum absolute atomic E-state index is 0.313. The zero-order valence-electron chi connectivity index (χ0n) is 67.4. The monoisotopic (exact) mass is 1640 g/mol. The van der Waals surface area contributed by atoms with Crippen molar-refractivity contribution in [1.29, 1.82) is 0 Å². The van der Waals surface area contributed by atoms with Crippen molar-refractivity contribution in [1.82, 2.24) is 78.8 Å². The van der Waals surface area contributed by atoms with Gasteiger partial charge in [0.2, 0.25) is 0 Å². The number of methoxy groups -OCH3 is 1. The van der Waals surface area contributed by atoms with Gasteiger partial charge in [0.1, 0.15) is 35.7 Å². The second kappa shape index (κ2) is 32.7. The van der Waals surface area contributed by atoms with Crippen LogP contribution in [0.15, 0.2) is 76.7 Å². The van der Waals surface area contributed by atoms with Gasteiger partial charge in [-0.05, 0) is 178 Å². The average Bonchev–Trinajstić information content (AvgIpc) is 1.61. The maximum Gasteiger partial charge on any atom is 0.166 e. The Bertz CT molecular complexity index is 6610. The van der Waals surface area contributed by atoms with Gasteiger partial charge in [0, 0.05) is 127 Å². The van der Waals surface area contributed by atoms with Crippen LogP contribution < -0.4 is 26.0 Å². The van der Waals surface area contributed by atoms with Crippen LogP contribution >= 0.6 is 68.0 Å². The predicted octanol–water partition coefficient (Wildman–Crippen LogP) is 20.0. The fraction of sp³-hybridized carbons (Fsp3) is 0.369. The fourth-order valence-corrected chi connectivity index (χ4v) is 22.6. The first-order valence-corrected chi connectivity index (χ1v) is 43.5. The molecule has 590 valence electrons. The number of furan rings is 1. The highest BCUT2D eigenvalue weighted by Crippen LogP contribution is 2.45. The van der Waals surface area contributed by atoms with E-state index in [1.165, 1.54) is 86.3 Å². The fourth-order valence-electron chi connectivity index (χ4n) is 15.7. The van der Waals surface area contributed by atoms with Crippen LogP contribution in [0.3, 0.4) is 0 Å². The van der Waals surface area contributed by atoms with Crippen molar-refractivity contribution in [3.8, 4) is 5.75 Å². The van der Waals surface area contributed by atoms with Crippen LogP contribution in [0.25, 0.3) is 102 Å². The number of hydrogen-bond donors (Lipinski definition) is 4. The summed E-state index contributed by atoms with van der Waals surface area (Å²) in [6, 6.07) is 20.9. The smallest absolute Gasteiger partial charge is 0.166 e. The van der Waals surface area contributed by atoms with E-state index >= 15 is 0 Å². The SMILES string of the molecule is CCCn1nc(C)c2sc3nc(C)cc(C)c3c21.COCCn1nc(NCc2ccco2)c2sc3nc(C)cc(C)c3c21.Cc1cc(C)c2c(n1)sc1c(NCC3CCCO3)nn(C)c12.Cc1cc(C)c2c(n1)sc1c(NCc3cccc4c3OCC4)nn(C)c12.Cc1cc(C)c2c(n1)sc1c(NCc3csc(C)n3)nn(C)c12. The summed E-state index contributed by atoms with van der Waals surface area (Å²) < 4.78 is 38.1. The van der Waals surface area contributed by atoms with Crippen molar-refractivity contribution in [2.45, 2.75) is 155 Å². The molecule has 2 aliphatic heterocycles. The number of para-hydroxylation sites is 1. The van der Waals surface area contributed by atoms with E-state index in [0.717, 1.165) is 186 Å². The zero-order valence-corrected chi connectivity index (χ0v) is 72.3. The topological polar surface area (TPSA) is 255 Å². The largest absolute Gasteiger partial charge is 0.493 e. The second-order valence-corrected chi connectivity index (χ2v) is 35.6. The van der Waals surface area contributed by atoms with Gasteiger partial charge in [-0.3, -0.25) is 23.4 Å². The highest BCUT2D eigenvalue weighted by atomic mass is 32.1. The molecule has 114 heavy (non-hydrogen) atoms. The van der Waals surface area contributed by atoms with E-state index in [1.54, 1.807) is 81.4 Å². The summed E-state index contributed by atoms with van der Waals surface area (Å²) in [7, 11) is 7.71. The minimum atomic E-state index is 0.313. The summed E-state index contributed by atoms with van der Waals surface area (Å²) in [5, 5.41) is 46.6. The summed E-state index contributed by atoms with van der Waals surface area (Å²) in [5.41, 5.74) is 22.2. The molecular weight excluding hydrogens is 1550 g/mol. The molecule has 1 atom stereocenters. The maximum absolute atomic E-state index is 5.81. The second-order valence-electron chi connectivity index (χ2n) is 29.5. The molecule has 0 bridgehead atoms. The van der Waals surface area contributed by atoms with Gasteiger partial charge in [-0.1, -0.05) is 25.1 Å².